The van der Waals surface area contributed by atoms with Gasteiger partial charge in [0.1, 0.15) is 5.41 Å². The molecule has 0 fully saturated rings. The number of carboxylic acid groups (broad SMARTS) is 2. The Hall–Kier alpha value is -1.58. The summed E-state index contributed by atoms with van der Waals surface area (Å²) in [4.78, 5) is 22.9. The van der Waals surface area contributed by atoms with Gasteiger partial charge in [0.25, 0.3) is 0 Å². The van der Waals surface area contributed by atoms with Crippen molar-refractivity contribution in [1.82, 2.24) is 0 Å². The molecule has 0 aromatic carbocycles. The molecule has 4 nitrogen and oxygen atoms in total. The zero-order valence-electron chi connectivity index (χ0n) is 15.3. The van der Waals surface area contributed by atoms with Gasteiger partial charge >= 0.3 is 11.9 Å². The Kier molecular flexibility index (Phi) is 12.9. The van der Waals surface area contributed by atoms with Crippen LogP contribution in [0.1, 0.15) is 84.5 Å². The summed E-state index contributed by atoms with van der Waals surface area (Å²) in [6.45, 7) is 4.28. The second kappa shape index (κ2) is 13.8. The van der Waals surface area contributed by atoms with E-state index in [1.807, 2.05) is 12.2 Å². The van der Waals surface area contributed by atoms with Gasteiger partial charge < -0.3 is 10.2 Å². The van der Waals surface area contributed by atoms with Crippen LogP contribution in [0.5, 0.6) is 0 Å². The van der Waals surface area contributed by atoms with Crippen molar-refractivity contribution in [3.8, 4) is 0 Å². The fourth-order valence-corrected chi connectivity index (χ4v) is 2.61. The summed E-state index contributed by atoms with van der Waals surface area (Å²) in [5.74, 6) is -2.19. The van der Waals surface area contributed by atoms with E-state index in [0.29, 0.717) is 0 Å². The molecule has 0 radical (unpaired) electrons. The van der Waals surface area contributed by atoms with E-state index in [1.165, 1.54) is 12.8 Å². The van der Waals surface area contributed by atoms with Crippen LogP contribution in [0, 0.1) is 5.41 Å². The molecule has 24 heavy (non-hydrogen) atoms. The maximum absolute atomic E-state index is 11.7. The van der Waals surface area contributed by atoms with Gasteiger partial charge in [-0.25, -0.2) is 0 Å². The van der Waals surface area contributed by atoms with Crippen LogP contribution in [0.25, 0.3) is 0 Å². The Bertz CT molecular complexity index is 388. The molecule has 138 valence electrons. The van der Waals surface area contributed by atoms with Gasteiger partial charge in [-0.15, -0.1) is 0 Å². The summed E-state index contributed by atoms with van der Waals surface area (Å²) in [7, 11) is 0. The minimum atomic E-state index is -1.43. The quantitative estimate of drug-likeness (QED) is 0.302. The summed E-state index contributed by atoms with van der Waals surface area (Å²) >= 11 is 0. The first-order valence-electron chi connectivity index (χ1n) is 9.29. The van der Waals surface area contributed by atoms with Crippen molar-refractivity contribution in [3.05, 3.63) is 24.3 Å². The van der Waals surface area contributed by atoms with Crippen molar-refractivity contribution < 1.29 is 19.8 Å². The maximum atomic E-state index is 11.7. The average molecular weight is 338 g/mol. The SMILES string of the molecule is CCCCCCC=CC(C=CCCCCCC)(CC(=O)O)C(=O)O. The van der Waals surface area contributed by atoms with Gasteiger partial charge in [-0.1, -0.05) is 76.7 Å². The van der Waals surface area contributed by atoms with Gasteiger partial charge in [-0.05, 0) is 25.7 Å². The summed E-state index contributed by atoms with van der Waals surface area (Å²) in [5, 5.41) is 18.7. The molecule has 0 heterocycles. The fourth-order valence-electron chi connectivity index (χ4n) is 2.61. The van der Waals surface area contributed by atoms with E-state index in [1.54, 1.807) is 12.2 Å². The number of allylic oxidation sites excluding steroid dienone is 2. The number of aliphatic carboxylic acids is 2. The molecule has 0 aromatic heterocycles. The Labute approximate surface area is 146 Å². The van der Waals surface area contributed by atoms with Crippen LogP contribution in [-0.2, 0) is 9.59 Å². The van der Waals surface area contributed by atoms with Crippen LogP contribution < -0.4 is 0 Å². The molecule has 0 aliphatic carbocycles. The largest absolute Gasteiger partial charge is 0.481 e. The van der Waals surface area contributed by atoms with Gasteiger partial charge in [-0.2, -0.15) is 0 Å². The fraction of sp³-hybridized carbons (Fsp3) is 0.700. The van der Waals surface area contributed by atoms with E-state index in [-0.39, 0.29) is 0 Å². The molecule has 0 saturated carbocycles. The van der Waals surface area contributed by atoms with Gasteiger partial charge in [0, 0.05) is 0 Å². The minimum Gasteiger partial charge on any atom is -0.481 e. The lowest BCUT2D eigenvalue weighted by Crippen LogP contribution is -2.29. The third-order valence-electron chi connectivity index (χ3n) is 4.12. The van der Waals surface area contributed by atoms with E-state index >= 15 is 0 Å². The standard InChI is InChI=1S/C20H34O4/c1-3-5-7-9-11-13-15-20(19(23)24,17-18(21)22)16-14-12-10-8-6-4-2/h13-16H,3-12,17H2,1-2H3,(H,21,22)(H,23,24). The number of unbranched alkanes of at least 4 members (excludes halogenated alkanes) is 8. The highest BCUT2D eigenvalue weighted by Crippen LogP contribution is 2.28. The average Bonchev–Trinajstić information content (AvgIpc) is 2.53. The van der Waals surface area contributed by atoms with Crippen molar-refractivity contribution in [3.63, 3.8) is 0 Å². The third kappa shape index (κ3) is 10.2. The molecule has 0 rings (SSSR count). The molecule has 0 spiro atoms. The first kappa shape index (κ1) is 22.4. The molecular formula is C20H34O4. The first-order chi connectivity index (χ1) is 11.5. The highest BCUT2D eigenvalue weighted by Gasteiger charge is 2.35. The molecule has 2 N–H and O–H groups in total. The molecule has 0 aliphatic rings. The van der Waals surface area contributed by atoms with Gasteiger partial charge in [0.2, 0.25) is 0 Å². The lowest BCUT2D eigenvalue weighted by Gasteiger charge is -2.20. The van der Waals surface area contributed by atoms with E-state index in [4.69, 9.17) is 5.11 Å². The summed E-state index contributed by atoms with van der Waals surface area (Å²) in [5.41, 5.74) is -1.43. The Morgan fingerprint density at radius 1 is 0.792 bits per heavy atom. The van der Waals surface area contributed by atoms with Crippen LogP contribution in [0.2, 0.25) is 0 Å². The molecule has 0 aliphatic heterocycles. The molecule has 0 atom stereocenters. The highest BCUT2D eigenvalue weighted by atomic mass is 16.4. The van der Waals surface area contributed by atoms with Crippen molar-refractivity contribution in [2.24, 2.45) is 5.41 Å². The molecule has 0 bridgehead atoms. The number of rotatable bonds is 15. The predicted molar refractivity (Wildman–Crippen MR) is 98.1 cm³/mol. The normalized spacial score (nSPS) is 14.2. The number of hydrogen-bond acceptors (Lipinski definition) is 2. The van der Waals surface area contributed by atoms with Crippen molar-refractivity contribution >= 4 is 11.9 Å². The summed E-state index contributed by atoms with van der Waals surface area (Å²) < 4.78 is 0. The Balaban J connectivity index is 4.79. The van der Waals surface area contributed by atoms with Gasteiger partial charge in [0.05, 0.1) is 6.42 Å². The lowest BCUT2D eigenvalue weighted by atomic mass is 9.83. The summed E-state index contributed by atoms with van der Waals surface area (Å²) in [6, 6.07) is 0. The molecule has 0 amide bonds. The smallest absolute Gasteiger partial charge is 0.318 e. The molecule has 4 heteroatoms. The van der Waals surface area contributed by atoms with Gasteiger partial charge in [0.15, 0.2) is 0 Å². The minimum absolute atomic E-state index is 0.417. The van der Waals surface area contributed by atoms with Crippen molar-refractivity contribution in [2.45, 2.75) is 84.5 Å². The van der Waals surface area contributed by atoms with Crippen LogP contribution >= 0.6 is 0 Å². The molecule has 0 saturated heterocycles. The number of hydrogen-bond donors (Lipinski definition) is 2. The Morgan fingerprint density at radius 2 is 1.25 bits per heavy atom. The number of carboxylic acids is 2. The molecule has 0 unspecified atom stereocenters. The van der Waals surface area contributed by atoms with E-state index in [9.17, 15) is 14.7 Å². The monoisotopic (exact) mass is 338 g/mol. The summed E-state index contributed by atoms with van der Waals surface area (Å²) in [6.07, 6.45) is 16.9. The van der Waals surface area contributed by atoms with E-state index in [0.717, 1.165) is 51.4 Å². The topological polar surface area (TPSA) is 74.6 Å². The highest BCUT2D eigenvalue weighted by molar-refractivity contribution is 5.85. The molecule has 0 aromatic rings. The zero-order chi connectivity index (χ0) is 18.3. The van der Waals surface area contributed by atoms with E-state index < -0.39 is 23.8 Å². The van der Waals surface area contributed by atoms with Crippen LogP contribution in [0.15, 0.2) is 24.3 Å². The van der Waals surface area contributed by atoms with Gasteiger partial charge in [-0.3, -0.25) is 9.59 Å². The molecular weight excluding hydrogens is 304 g/mol. The second-order valence-corrected chi connectivity index (χ2v) is 6.42. The zero-order valence-corrected chi connectivity index (χ0v) is 15.3. The maximum Gasteiger partial charge on any atom is 0.318 e. The van der Waals surface area contributed by atoms with Crippen LogP contribution in [0.3, 0.4) is 0 Å². The first-order valence-corrected chi connectivity index (χ1v) is 9.29. The predicted octanol–water partition coefficient (Wildman–Crippen LogP) is 5.59. The lowest BCUT2D eigenvalue weighted by molar-refractivity contribution is -0.150. The van der Waals surface area contributed by atoms with E-state index in [2.05, 4.69) is 13.8 Å². The van der Waals surface area contributed by atoms with Crippen molar-refractivity contribution in [2.75, 3.05) is 0 Å². The second-order valence-electron chi connectivity index (χ2n) is 6.42. The number of carbonyl (C=O) groups is 2. The van der Waals surface area contributed by atoms with Crippen LogP contribution in [0.4, 0.5) is 0 Å². The Morgan fingerprint density at radius 3 is 1.58 bits per heavy atom. The van der Waals surface area contributed by atoms with Crippen molar-refractivity contribution in [1.29, 1.82) is 0 Å². The van der Waals surface area contributed by atoms with Crippen LogP contribution in [-0.4, -0.2) is 22.2 Å². The third-order valence-corrected chi connectivity index (χ3v) is 4.12.